The first kappa shape index (κ1) is 23.8. The number of nitrogens with zero attached hydrogens (tertiary/aromatic N) is 2. The van der Waals surface area contributed by atoms with Crippen LogP contribution in [0.5, 0.6) is 0 Å². The van der Waals surface area contributed by atoms with Gasteiger partial charge in [0.2, 0.25) is 0 Å². The fourth-order valence-electron chi connectivity index (χ4n) is 3.80. The number of aromatic nitrogens is 2. The van der Waals surface area contributed by atoms with Crippen LogP contribution in [-0.4, -0.2) is 22.0 Å². The molecule has 0 fully saturated rings. The third-order valence-corrected chi connectivity index (χ3v) is 6.79. The Hall–Kier alpha value is -3.38. The molecule has 0 aliphatic carbocycles. The van der Waals surface area contributed by atoms with Gasteiger partial charge in [0.1, 0.15) is 0 Å². The Morgan fingerprint density at radius 1 is 1.03 bits per heavy atom. The van der Waals surface area contributed by atoms with Crippen molar-refractivity contribution < 1.29 is 4.79 Å². The number of hydrogen-bond acceptors (Lipinski definition) is 4. The molecular formula is C28H29N3O2S. The summed E-state index contributed by atoms with van der Waals surface area (Å²) in [5.74, 6) is 0.556. The van der Waals surface area contributed by atoms with Gasteiger partial charge in [-0.2, -0.15) is 0 Å². The number of amides is 1. The zero-order valence-corrected chi connectivity index (χ0v) is 20.6. The molecule has 0 bridgehead atoms. The van der Waals surface area contributed by atoms with Crippen molar-refractivity contribution in [2.24, 2.45) is 0 Å². The molecule has 5 nitrogen and oxygen atoms in total. The van der Waals surface area contributed by atoms with Crippen molar-refractivity contribution in [1.29, 1.82) is 0 Å². The van der Waals surface area contributed by atoms with Crippen molar-refractivity contribution in [3.63, 3.8) is 0 Å². The van der Waals surface area contributed by atoms with E-state index in [0.29, 0.717) is 40.5 Å². The summed E-state index contributed by atoms with van der Waals surface area (Å²) in [4.78, 5) is 30.9. The summed E-state index contributed by atoms with van der Waals surface area (Å²) in [5.41, 5.74) is 5.63. The Morgan fingerprint density at radius 2 is 1.82 bits per heavy atom. The van der Waals surface area contributed by atoms with Gasteiger partial charge in [-0.15, -0.1) is 0 Å². The summed E-state index contributed by atoms with van der Waals surface area (Å²) in [6.45, 7) is 7.24. The van der Waals surface area contributed by atoms with Crippen molar-refractivity contribution >= 4 is 28.6 Å². The Morgan fingerprint density at radius 3 is 2.59 bits per heavy atom. The molecule has 4 rings (SSSR count). The summed E-state index contributed by atoms with van der Waals surface area (Å²) in [6, 6.07) is 21.5. The molecule has 0 atom stereocenters. The van der Waals surface area contributed by atoms with E-state index in [1.54, 1.807) is 34.5 Å². The third kappa shape index (κ3) is 5.39. The van der Waals surface area contributed by atoms with E-state index in [1.807, 2.05) is 37.3 Å². The summed E-state index contributed by atoms with van der Waals surface area (Å²) in [5, 5.41) is 4.05. The SMILES string of the molecule is CCCNC(=O)c1ccc2c(=O)n(Cc3ccccc3)c(SCc3cc(C)ccc3C)nc2c1. The molecule has 4 aromatic rings. The van der Waals surface area contributed by atoms with Crippen LogP contribution >= 0.6 is 11.8 Å². The highest BCUT2D eigenvalue weighted by Gasteiger charge is 2.15. The zero-order chi connectivity index (χ0) is 24.1. The molecule has 0 aliphatic rings. The largest absolute Gasteiger partial charge is 0.352 e. The molecule has 34 heavy (non-hydrogen) atoms. The Bertz CT molecular complexity index is 1380. The molecule has 0 saturated heterocycles. The smallest absolute Gasteiger partial charge is 0.262 e. The first-order valence-corrected chi connectivity index (χ1v) is 12.5. The van der Waals surface area contributed by atoms with Crippen molar-refractivity contribution in [2.45, 2.75) is 44.6 Å². The molecule has 0 spiro atoms. The summed E-state index contributed by atoms with van der Waals surface area (Å²) in [7, 11) is 0. The number of rotatable bonds is 8. The lowest BCUT2D eigenvalue weighted by molar-refractivity contribution is 0.0954. The van der Waals surface area contributed by atoms with Gasteiger partial charge in [0.05, 0.1) is 17.4 Å². The first-order valence-electron chi connectivity index (χ1n) is 11.5. The highest BCUT2D eigenvalue weighted by Crippen LogP contribution is 2.25. The second kappa shape index (κ2) is 10.7. The fourth-order valence-corrected chi connectivity index (χ4v) is 4.86. The van der Waals surface area contributed by atoms with E-state index >= 15 is 0 Å². The van der Waals surface area contributed by atoms with Crippen LogP contribution in [0.15, 0.2) is 76.7 Å². The topological polar surface area (TPSA) is 64.0 Å². The van der Waals surface area contributed by atoms with E-state index in [0.717, 1.165) is 12.0 Å². The van der Waals surface area contributed by atoms with E-state index in [2.05, 4.69) is 37.4 Å². The number of carbonyl (C=O) groups is 1. The molecule has 0 radical (unpaired) electrons. The van der Waals surface area contributed by atoms with Crippen LogP contribution in [0.2, 0.25) is 0 Å². The van der Waals surface area contributed by atoms with Crippen LogP contribution in [0.4, 0.5) is 0 Å². The van der Waals surface area contributed by atoms with E-state index in [4.69, 9.17) is 4.98 Å². The lowest BCUT2D eigenvalue weighted by atomic mass is 10.1. The van der Waals surface area contributed by atoms with Crippen LogP contribution in [0, 0.1) is 13.8 Å². The van der Waals surface area contributed by atoms with Gasteiger partial charge in [0, 0.05) is 17.9 Å². The number of carbonyl (C=O) groups excluding carboxylic acids is 1. The average molecular weight is 472 g/mol. The molecule has 1 N–H and O–H groups in total. The molecule has 6 heteroatoms. The van der Waals surface area contributed by atoms with Crippen LogP contribution in [0.25, 0.3) is 10.9 Å². The van der Waals surface area contributed by atoms with Crippen LogP contribution < -0.4 is 10.9 Å². The van der Waals surface area contributed by atoms with E-state index in [9.17, 15) is 9.59 Å². The molecule has 3 aromatic carbocycles. The fraction of sp³-hybridized carbons (Fsp3) is 0.250. The van der Waals surface area contributed by atoms with Crippen molar-refractivity contribution in [3.8, 4) is 0 Å². The minimum Gasteiger partial charge on any atom is -0.352 e. The van der Waals surface area contributed by atoms with Gasteiger partial charge >= 0.3 is 0 Å². The van der Waals surface area contributed by atoms with Gasteiger partial charge in [0.25, 0.3) is 11.5 Å². The molecular weight excluding hydrogens is 442 g/mol. The maximum Gasteiger partial charge on any atom is 0.262 e. The number of hydrogen-bond donors (Lipinski definition) is 1. The highest BCUT2D eigenvalue weighted by atomic mass is 32.2. The minimum atomic E-state index is -0.149. The van der Waals surface area contributed by atoms with Gasteiger partial charge in [-0.05, 0) is 55.2 Å². The normalized spacial score (nSPS) is 11.0. The lowest BCUT2D eigenvalue weighted by Gasteiger charge is -2.15. The lowest BCUT2D eigenvalue weighted by Crippen LogP contribution is -2.26. The maximum absolute atomic E-state index is 13.5. The monoisotopic (exact) mass is 471 g/mol. The number of fused-ring (bicyclic) bond motifs is 1. The first-order chi connectivity index (χ1) is 16.5. The second-order valence-corrected chi connectivity index (χ2v) is 9.42. The van der Waals surface area contributed by atoms with E-state index in [-0.39, 0.29) is 11.5 Å². The molecule has 0 saturated carbocycles. The molecule has 1 heterocycles. The van der Waals surface area contributed by atoms with Gasteiger partial charge in [-0.25, -0.2) is 4.98 Å². The highest BCUT2D eigenvalue weighted by molar-refractivity contribution is 7.98. The van der Waals surface area contributed by atoms with Crippen LogP contribution in [-0.2, 0) is 12.3 Å². The van der Waals surface area contributed by atoms with E-state index in [1.165, 1.54) is 16.7 Å². The minimum absolute atomic E-state index is 0.0992. The van der Waals surface area contributed by atoms with Crippen LogP contribution in [0.1, 0.15) is 46.0 Å². The van der Waals surface area contributed by atoms with Gasteiger partial charge in [-0.1, -0.05) is 72.8 Å². The van der Waals surface area contributed by atoms with E-state index < -0.39 is 0 Å². The summed E-state index contributed by atoms with van der Waals surface area (Å²) >= 11 is 1.55. The molecule has 1 aromatic heterocycles. The molecule has 1 amide bonds. The average Bonchev–Trinajstić information content (AvgIpc) is 2.85. The molecule has 0 aliphatic heterocycles. The quantitative estimate of drug-likeness (QED) is 0.272. The third-order valence-electron chi connectivity index (χ3n) is 5.76. The Kier molecular flexibility index (Phi) is 7.48. The van der Waals surface area contributed by atoms with Crippen molar-refractivity contribution in [1.82, 2.24) is 14.9 Å². The Labute approximate surface area is 204 Å². The number of benzene rings is 3. The Balaban J connectivity index is 1.76. The standard InChI is InChI=1S/C28H29N3O2S/c1-4-14-29-26(32)22-12-13-24-25(16-22)30-28(34-18-23-15-19(2)10-11-20(23)3)31(27(24)33)17-21-8-6-5-7-9-21/h5-13,15-16H,4,14,17-18H2,1-3H3,(H,29,32). The van der Waals surface area contributed by atoms with Gasteiger partial charge in [0.15, 0.2) is 5.16 Å². The van der Waals surface area contributed by atoms with Gasteiger partial charge < -0.3 is 5.32 Å². The predicted octanol–water partition coefficient (Wildman–Crippen LogP) is 5.49. The molecule has 0 unspecified atom stereocenters. The molecule has 174 valence electrons. The van der Waals surface area contributed by atoms with Crippen LogP contribution in [0.3, 0.4) is 0 Å². The number of thioether (sulfide) groups is 1. The zero-order valence-electron chi connectivity index (χ0n) is 19.8. The van der Waals surface area contributed by atoms with Crippen molar-refractivity contribution in [2.75, 3.05) is 6.54 Å². The van der Waals surface area contributed by atoms with Crippen molar-refractivity contribution in [3.05, 3.63) is 105 Å². The maximum atomic E-state index is 13.5. The summed E-state index contributed by atoms with van der Waals surface area (Å²) < 4.78 is 1.74. The second-order valence-electron chi connectivity index (χ2n) is 8.48. The predicted molar refractivity (Wildman–Crippen MR) is 140 cm³/mol. The number of nitrogens with one attached hydrogen (secondary N) is 1. The number of aryl methyl sites for hydroxylation is 2. The summed E-state index contributed by atoms with van der Waals surface area (Å²) in [6.07, 6.45) is 0.862. The van der Waals surface area contributed by atoms with Gasteiger partial charge in [-0.3, -0.25) is 14.2 Å².